The van der Waals surface area contributed by atoms with Crippen molar-refractivity contribution < 1.29 is 35.1 Å². The normalized spacial score (nSPS) is 15.7. The van der Waals surface area contributed by atoms with Crippen LogP contribution in [0, 0.1) is 5.92 Å². The number of aliphatic hydroxyl groups excluding tert-OH is 5. The van der Waals surface area contributed by atoms with Crippen molar-refractivity contribution in [1.29, 1.82) is 0 Å². The lowest BCUT2D eigenvalue weighted by molar-refractivity contribution is -0.157. The molecule has 0 saturated carbocycles. The first kappa shape index (κ1) is 37.3. The summed E-state index contributed by atoms with van der Waals surface area (Å²) >= 11 is 0. The van der Waals surface area contributed by atoms with Crippen molar-refractivity contribution in [2.24, 2.45) is 5.92 Å². The van der Waals surface area contributed by atoms with Gasteiger partial charge >= 0.3 is 5.97 Å². The number of carbonyl (C=O) groups excluding carboxylic acids is 1. The van der Waals surface area contributed by atoms with E-state index in [9.17, 15) is 25.2 Å². The summed E-state index contributed by atoms with van der Waals surface area (Å²) in [6, 6.07) is 0. The minimum atomic E-state index is -1.72. The fourth-order valence-electron chi connectivity index (χ4n) is 4.97. The molecule has 0 aliphatic rings. The van der Waals surface area contributed by atoms with Gasteiger partial charge in [0, 0.05) is 6.42 Å². The summed E-state index contributed by atoms with van der Waals surface area (Å²) in [6.45, 7) is 3.27. The Kier molecular flexibility index (Phi) is 26.0. The number of hydrogen-bond donors (Lipinski definition) is 5. The number of carbonyl (C=O) groups is 1. The zero-order valence-corrected chi connectivity index (χ0v) is 24.7. The Balaban J connectivity index is 4.38. The second kappa shape index (κ2) is 26.5. The van der Waals surface area contributed by atoms with Crippen molar-refractivity contribution in [3.05, 3.63) is 0 Å². The van der Waals surface area contributed by atoms with Crippen LogP contribution in [0.3, 0.4) is 0 Å². The van der Waals surface area contributed by atoms with E-state index in [1.165, 1.54) is 103 Å². The lowest BCUT2D eigenvalue weighted by Gasteiger charge is -2.25. The molecule has 5 atom stereocenters. The molecule has 0 aromatic carbocycles. The topological polar surface area (TPSA) is 127 Å². The quantitative estimate of drug-likeness (QED) is 0.0618. The number of unbranched alkanes of at least 4 members (excludes halogenated alkanes) is 16. The Bertz CT molecular complexity index is 516. The zero-order chi connectivity index (χ0) is 28.4. The molecule has 5 N–H and O–H groups in total. The second-order valence-corrected chi connectivity index (χ2v) is 11.3. The molecule has 0 fully saturated rings. The molecular formula is C31H62O7. The molecular weight excluding hydrogens is 484 g/mol. The largest absolute Gasteiger partial charge is 0.463 e. The van der Waals surface area contributed by atoms with Gasteiger partial charge in [-0.2, -0.15) is 0 Å². The summed E-state index contributed by atoms with van der Waals surface area (Å²) in [6.07, 6.45) is 18.6. The molecule has 0 rings (SSSR count). The molecule has 38 heavy (non-hydrogen) atoms. The summed E-state index contributed by atoms with van der Waals surface area (Å²) < 4.78 is 5.20. The van der Waals surface area contributed by atoms with E-state index in [1.54, 1.807) is 0 Å². The Morgan fingerprint density at radius 3 is 1.34 bits per heavy atom. The first-order chi connectivity index (χ1) is 18.4. The summed E-state index contributed by atoms with van der Waals surface area (Å²) in [4.78, 5) is 12.5. The third-order valence-corrected chi connectivity index (χ3v) is 7.63. The van der Waals surface area contributed by atoms with Crippen LogP contribution in [0.25, 0.3) is 0 Å². The molecule has 0 amide bonds. The summed E-state index contributed by atoms with van der Waals surface area (Å²) in [5, 5.41) is 48.0. The zero-order valence-electron chi connectivity index (χ0n) is 24.7. The average Bonchev–Trinajstić information content (AvgIpc) is 2.92. The molecule has 228 valence electrons. The highest BCUT2D eigenvalue weighted by Gasteiger charge is 2.31. The van der Waals surface area contributed by atoms with Crippen LogP contribution in [-0.4, -0.2) is 69.1 Å². The van der Waals surface area contributed by atoms with Crippen LogP contribution in [0.5, 0.6) is 0 Å². The first-order valence-corrected chi connectivity index (χ1v) is 15.9. The Morgan fingerprint density at radius 2 is 0.947 bits per heavy atom. The summed E-state index contributed by atoms with van der Waals surface area (Å²) in [7, 11) is 0. The van der Waals surface area contributed by atoms with Gasteiger partial charge in [0.15, 0.2) is 0 Å². The number of rotatable bonds is 28. The van der Waals surface area contributed by atoms with Crippen molar-refractivity contribution in [1.82, 2.24) is 0 Å². The van der Waals surface area contributed by atoms with Gasteiger partial charge in [0.25, 0.3) is 0 Å². The maximum absolute atomic E-state index is 12.5. The third kappa shape index (κ3) is 21.1. The Morgan fingerprint density at radius 1 is 0.579 bits per heavy atom. The van der Waals surface area contributed by atoms with E-state index in [0.717, 1.165) is 25.7 Å². The molecule has 0 aromatic rings. The van der Waals surface area contributed by atoms with Crippen molar-refractivity contribution in [3.63, 3.8) is 0 Å². The van der Waals surface area contributed by atoms with E-state index in [2.05, 4.69) is 13.8 Å². The summed E-state index contributed by atoms with van der Waals surface area (Å²) in [5.74, 6) is -0.161. The van der Waals surface area contributed by atoms with E-state index >= 15 is 0 Å². The predicted octanol–water partition coefficient (Wildman–Crippen LogP) is 5.81. The van der Waals surface area contributed by atoms with Crippen molar-refractivity contribution >= 4 is 5.97 Å². The van der Waals surface area contributed by atoms with Crippen molar-refractivity contribution in [2.45, 2.75) is 173 Å². The standard InChI is InChI=1S/C31H62O7/c1-3-5-7-9-11-13-14-16-18-20-22-26(21-19-17-15-12-10-8-6-4-2)23-29(35)38-25-28(34)31(37)30(36)27(33)24-32/h26-28,30-34,36-37H,3-25H2,1-2H3/t26?,27-,28-,30-,31-/m1/s1. The molecule has 7 heteroatoms. The van der Waals surface area contributed by atoms with Gasteiger partial charge in [-0.15, -0.1) is 0 Å². The monoisotopic (exact) mass is 546 g/mol. The maximum atomic E-state index is 12.5. The highest BCUT2D eigenvalue weighted by Crippen LogP contribution is 2.23. The molecule has 0 saturated heterocycles. The van der Waals surface area contributed by atoms with Crippen molar-refractivity contribution in [3.8, 4) is 0 Å². The molecule has 0 aliphatic carbocycles. The highest BCUT2D eigenvalue weighted by molar-refractivity contribution is 5.69. The van der Waals surface area contributed by atoms with Gasteiger partial charge in [-0.05, 0) is 18.8 Å². The molecule has 7 nitrogen and oxygen atoms in total. The van der Waals surface area contributed by atoms with E-state index in [0.29, 0.717) is 6.42 Å². The Labute approximate surface area is 233 Å². The minimum absolute atomic E-state index is 0.250. The van der Waals surface area contributed by atoms with Gasteiger partial charge in [0.2, 0.25) is 0 Å². The number of hydrogen-bond acceptors (Lipinski definition) is 7. The van der Waals surface area contributed by atoms with Gasteiger partial charge < -0.3 is 30.3 Å². The van der Waals surface area contributed by atoms with E-state index in [-0.39, 0.29) is 5.92 Å². The van der Waals surface area contributed by atoms with Gasteiger partial charge in [-0.1, -0.05) is 129 Å². The van der Waals surface area contributed by atoms with E-state index in [1.807, 2.05) is 0 Å². The number of esters is 1. The molecule has 0 aliphatic heterocycles. The highest BCUT2D eigenvalue weighted by atomic mass is 16.5. The summed E-state index contributed by atoms with van der Waals surface area (Å²) in [5.41, 5.74) is 0. The molecule has 0 spiro atoms. The van der Waals surface area contributed by atoms with Gasteiger partial charge in [-0.25, -0.2) is 0 Å². The van der Waals surface area contributed by atoms with Crippen LogP contribution < -0.4 is 0 Å². The van der Waals surface area contributed by atoms with Crippen LogP contribution in [0.4, 0.5) is 0 Å². The number of aliphatic hydroxyl groups is 5. The smallest absolute Gasteiger partial charge is 0.306 e. The van der Waals surface area contributed by atoms with Crippen molar-refractivity contribution in [2.75, 3.05) is 13.2 Å². The molecule has 1 unspecified atom stereocenters. The van der Waals surface area contributed by atoms with Crippen LogP contribution in [0.1, 0.15) is 149 Å². The van der Waals surface area contributed by atoms with E-state index in [4.69, 9.17) is 9.84 Å². The van der Waals surface area contributed by atoms with Crippen LogP contribution in [0.2, 0.25) is 0 Å². The van der Waals surface area contributed by atoms with Crippen LogP contribution >= 0.6 is 0 Å². The third-order valence-electron chi connectivity index (χ3n) is 7.63. The Hall–Kier alpha value is -0.730. The lowest BCUT2D eigenvalue weighted by atomic mass is 9.91. The fourth-order valence-corrected chi connectivity index (χ4v) is 4.97. The average molecular weight is 547 g/mol. The van der Waals surface area contributed by atoms with Gasteiger partial charge in [-0.3, -0.25) is 4.79 Å². The molecule has 0 aromatic heterocycles. The molecule has 0 heterocycles. The van der Waals surface area contributed by atoms with Crippen LogP contribution in [0.15, 0.2) is 0 Å². The predicted molar refractivity (Wildman–Crippen MR) is 154 cm³/mol. The van der Waals surface area contributed by atoms with Crippen LogP contribution in [-0.2, 0) is 9.53 Å². The van der Waals surface area contributed by atoms with E-state index < -0.39 is 43.6 Å². The van der Waals surface area contributed by atoms with Gasteiger partial charge in [0.1, 0.15) is 31.0 Å². The molecule has 0 radical (unpaired) electrons. The SMILES string of the molecule is CCCCCCCCCCCCC(CCCCCCCCCC)CC(=O)OC[C@@H](O)[C@@H](O)[C@H](O)[C@H](O)CO. The fraction of sp³-hybridized carbons (Fsp3) is 0.968. The van der Waals surface area contributed by atoms with Gasteiger partial charge in [0.05, 0.1) is 6.61 Å². The second-order valence-electron chi connectivity index (χ2n) is 11.3. The lowest BCUT2D eigenvalue weighted by Crippen LogP contribution is -2.47. The minimum Gasteiger partial charge on any atom is -0.463 e. The molecule has 0 bridgehead atoms. The number of ether oxygens (including phenoxy) is 1. The maximum Gasteiger partial charge on any atom is 0.306 e. The first-order valence-electron chi connectivity index (χ1n) is 15.9.